The zero-order valence-electron chi connectivity index (χ0n) is 20.9. The topological polar surface area (TPSA) is 27.7 Å². The van der Waals surface area contributed by atoms with Crippen LogP contribution in [-0.2, 0) is 6.61 Å². The smallest absolute Gasteiger partial charge is 0.168 e. The lowest BCUT2D eigenvalue weighted by Gasteiger charge is -2.12. The maximum Gasteiger partial charge on any atom is 0.168 e. The van der Waals surface area contributed by atoms with Crippen LogP contribution in [0.4, 0.5) is 13.2 Å². The van der Waals surface area contributed by atoms with E-state index in [1.54, 1.807) is 73.7 Å². The van der Waals surface area contributed by atoms with Crippen LogP contribution in [-0.4, -0.2) is 13.2 Å². The minimum atomic E-state index is -0.908. The number of rotatable bonds is 11. The number of halogens is 3. The van der Waals surface area contributed by atoms with E-state index in [4.69, 9.17) is 14.2 Å². The summed E-state index contributed by atoms with van der Waals surface area (Å²) < 4.78 is 60.6. The zero-order valence-corrected chi connectivity index (χ0v) is 20.9. The summed E-state index contributed by atoms with van der Waals surface area (Å²) in [6.45, 7) is 5.06. The molecule has 4 rings (SSSR count). The average molecular weight is 507 g/mol. The Hall–Kier alpha value is -3.93. The summed E-state index contributed by atoms with van der Waals surface area (Å²) in [5.74, 6) is -1.06. The van der Waals surface area contributed by atoms with Crippen LogP contribution in [0.5, 0.6) is 17.2 Å². The first-order valence-corrected chi connectivity index (χ1v) is 12.4. The van der Waals surface area contributed by atoms with Gasteiger partial charge < -0.3 is 14.2 Å². The maximum atomic E-state index is 15.0. The first-order chi connectivity index (χ1) is 18.0. The third-order valence-electron chi connectivity index (χ3n) is 5.89. The van der Waals surface area contributed by atoms with Gasteiger partial charge in [-0.15, -0.1) is 0 Å². The second-order valence-corrected chi connectivity index (χ2v) is 8.53. The molecule has 37 heavy (non-hydrogen) atoms. The molecule has 0 heterocycles. The Kier molecular flexibility index (Phi) is 8.72. The second-order valence-electron chi connectivity index (χ2n) is 8.53. The summed E-state index contributed by atoms with van der Waals surface area (Å²) in [7, 11) is 0. The first kappa shape index (κ1) is 26.1. The zero-order chi connectivity index (χ0) is 26.2. The lowest BCUT2D eigenvalue weighted by atomic mass is 9.98. The van der Waals surface area contributed by atoms with Crippen LogP contribution in [0.3, 0.4) is 0 Å². The third kappa shape index (κ3) is 6.45. The van der Waals surface area contributed by atoms with Crippen molar-refractivity contribution < 1.29 is 27.4 Å². The van der Waals surface area contributed by atoms with E-state index >= 15 is 8.78 Å². The summed E-state index contributed by atoms with van der Waals surface area (Å²) in [5, 5.41) is 0. The Balaban J connectivity index is 1.43. The number of hydrogen-bond acceptors (Lipinski definition) is 3. The molecule has 0 aliphatic heterocycles. The van der Waals surface area contributed by atoms with E-state index in [9.17, 15) is 4.39 Å². The van der Waals surface area contributed by atoms with Gasteiger partial charge in [0.15, 0.2) is 23.2 Å². The van der Waals surface area contributed by atoms with Crippen molar-refractivity contribution in [3.8, 4) is 39.5 Å². The van der Waals surface area contributed by atoms with Crippen LogP contribution in [0.2, 0.25) is 0 Å². The van der Waals surface area contributed by atoms with Gasteiger partial charge in [0.05, 0.1) is 13.2 Å². The van der Waals surface area contributed by atoms with Gasteiger partial charge >= 0.3 is 0 Å². The fourth-order valence-corrected chi connectivity index (χ4v) is 3.85. The van der Waals surface area contributed by atoms with Gasteiger partial charge in [-0.2, -0.15) is 0 Å². The van der Waals surface area contributed by atoms with Gasteiger partial charge in [-0.25, -0.2) is 13.2 Å². The van der Waals surface area contributed by atoms with Gasteiger partial charge in [0.2, 0.25) is 0 Å². The molecule has 4 aromatic carbocycles. The van der Waals surface area contributed by atoms with Crippen molar-refractivity contribution >= 4 is 0 Å². The van der Waals surface area contributed by atoms with Crippen molar-refractivity contribution in [1.29, 1.82) is 0 Å². The number of unbranched alkanes of at least 4 members (excludes halogenated alkanes) is 1. The Morgan fingerprint density at radius 2 is 1.22 bits per heavy atom. The van der Waals surface area contributed by atoms with E-state index in [0.717, 1.165) is 18.4 Å². The van der Waals surface area contributed by atoms with Crippen LogP contribution in [0.25, 0.3) is 22.3 Å². The van der Waals surface area contributed by atoms with Crippen LogP contribution < -0.4 is 14.2 Å². The molecular weight excluding hydrogens is 477 g/mol. The molecule has 0 aliphatic carbocycles. The van der Waals surface area contributed by atoms with Crippen molar-refractivity contribution in [2.75, 3.05) is 13.2 Å². The van der Waals surface area contributed by atoms with Gasteiger partial charge in [-0.3, -0.25) is 0 Å². The molecule has 0 saturated carbocycles. The Morgan fingerprint density at radius 3 is 1.78 bits per heavy atom. The van der Waals surface area contributed by atoms with Crippen molar-refractivity contribution in [3.05, 3.63) is 102 Å². The summed E-state index contributed by atoms with van der Waals surface area (Å²) in [5.41, 5.74) is 2.27. The van der Waals surface area contributed by atoms with Gasteiger partial charge in [0.1, 0.15) is 18.1 Å². The van der Waals surface area contributed by atoms with Crippen molar-refractivity contribution in [3.63, 3.8) is 0 Å². The highest BCUT2D eigenvalue weighted by Crippen LogP contribution is 2.32. The average Bonchev–Trinajstić information content (AvgIpc) is 2.91. The molecule has 0 spiro atoms. The summed E-state index contributed by atoms with van der Waals surface area (Å²) >= 11 is 0. The quantitative estimate of drug-likeness (QED) is 0.191. The lowest BCUT2D eigenvalue weighted by Crippen LogP contribution is -1.98. The van der Waals surface area contributed by atoms with Crippen molar-refractivity contribution in [2.45, 2.75) is 33.3 Å². The monoisotopic (exact) mass is 506 g/mol. The molecule has 0 bridgehead atoms. The van der Waals surface area contributed by atoms with E-state index in [2.05, 4.69) is 6.92 Å². The van der Waals surface area contributed by atoms with Crippen LogP contribution in [0, 0.1) is 17.5 Å². The fraction of sp³-hybridized carbons (Fsp3) is 0.226. The summed E-state index contributed by atoms with van der Waals surface area (Å²) in [4.78, 5) is 0. The summed E-state index contributed by atoms with van der Waals surface area (Å²) in [6.07, 6.45) is 2.00. The molecule has 0 N–H and O–H groups in total. The molecular formula is C31H29F3O3. The fourth-order valence-electron chi connectivity index (χ4n) is 3.85. The standard InChI is InChI=1S/C31H29F3O3/c1-3-5-18-36-24-12-10-23(11-13-24)27-16-15-26(30(33)31(27)34)22-8-6-21(7-9-22)20-37-25-14-17-29(35-4-2)28(32)19-25/h6-17,19H,3-5,18,20H2,1-2H3. The Morgan fingerprint density at radius 1 is 0.622 bits per heavy atom. The minimum Gasteiger partial charge on any atom is -0.494 e. The van der Waals surface area contributed by atoms with E-state index in [1.807, 2.05) is 0 Å². The SMILES string of the molecule is CCCCOc1ccc(-c2ccc(-c3ccc(COc4ccc(OCC)c(F)c4)cc3)c(F)c2F)cc1. The van der Waals surface area contributed by atoms with E-state index in [1.165, 1.54) is 12.1 Å². The highest BCUT2D eigenvalue weighted by atomic mass is 19.2. The van der Waals surface area contributed by atoms with Gasteiger partial charge in [-0.1, -0.05) is 61.9 Å². The maximum absolute atomic E-state index is 15.0. The van der Waals surface area contributed by atoms with Gasteiger partial charge in [-0.05, 0) is 54.3 Å². The van der Waals surface area contributed by atoms with Crippen molar-refractivity contribution in [1.82, 2.24) is 0 Å². The number of benzene rings is 4. The Labute approximate surface area is 215 Å². The number of hydrogen-bond donors (Lipinski definition) is 0. The number of ether oxygens (including phenoxy) is 3. The highest BCUT2D eigenvalue weighted by molar-refractivity contribution is 5.72. The predicted molar refractivity (Wildman–Crippen MR) is 140 cm³/mol. The normalized spacial score (nSPS) is 10.8. The summed E-state index contributed by atoms with van der Waals surface area (Å²) in [6, 6.07) is 21.5. The molecule has 0 aromatic heterocycles. The van der Waals surface area contributed by atoms with Crippen molar-refractivity contribution in [2.24, 2.45) is 0 Å². The molecule has 192 valence electrons. The first-order valence-electron chi connectivity index (χ1n) is 12.4. The van der Waals surface area contributed by atoms with E-state index in [-0.39, 0.29) is 23.5 Å². The predicted octanol–water partition coefficient (Wildman–Crippen LogP) is 8.59. The minimum absolute atomic E-state index is 0.168. The van der Waals surface area contributed by atoms with Crippen LogP contribution >= 0.6 is 0 Å². The second kappa shape index (κ2) is 12.3. The largest absolute Gasteiger partial charge is 0.494 e. The molecule has 0 amide bonds. The molecule has 0 saturated heterocycles. The molecule has 0 fully saturated rings. The van der Waals surface area contributed by atoms with E-state index < -0.39 is 17.5 Å². The van der Waals surface area contributed by atoms with E-state index in [0.29, 0.717) is 35.8 Å². The molecule has 3 nitrogen and oxygen atoms in total. The molecule has 6 heteroatoms. The van der Waals surface area contributed by atoms with Gasteiger partial charge in [0, 0.05) is 17.2 Å². The molecule has 0 radical (unpaired) electrons. The molecule has 0 aliphatic rings. The van der Waals surface area contributed by atoms with Gasteiger partial charge in [0.25, 0.3) is 0 Å². The third-order valence-corrected chi connectivity index (χ3v) is 5.89. The molecule has 0 atom stereocenters. The molecule has 0 unspecified atom stereocenters. The van der Waals surface area contributed by atoms with Crippen LogP contribution in [0.1, 0.15) is 32.3 Å². The highest BCUT2D eigenvalue weighted by Gasteiger charge is 2.16. The van der Waals surface area contributed by atoms with Crippen LogP contribution in [0.15, 0.2) is 78.9 Å². The molecule has 4 aromatic rings. The Bertz CT molecular complexity index is 1320. The lowest BCUT2D eigenvalue weighted by molar-refractivity contribution is 0.297.